The first kappa shape index (κ1) is 16.0. The Morgan fingerprint density at radius 3 is 2.25 bits per heavy atom. The summed E-state index contributed by atoms with van der Waals surface area (Å²) in [5, 5.41) is 14.3. The van der Waals surface area contributed by atoms with Gasteiger partial charge in [0.2, 0.25) is 0 Å². The van der Waals surface area contributed by atoms with Gasteiger partial charge in [-0.2, -0.15) is 0 Å². The third kappa shape index (κ3) is 4.57. The van der Waals surface area contributed by atoms with Crippen molar-refractivity contribution in [3.63, 3.8) is 0 Å². The number of hydrogen-bond donors (Lipinski definition) is 3. The number of hydrogen-bond acceptors (Lipinski definition) is 2. The van der Waals surface area contributed by atoms with Crippen molar-refractivity contribution in [1.82, 2.24) is 5.32 Å². The van der Waals surface area contributed by atoms with Gasteiger partial charge in [-0.1, -0.05) is 39.3 Å². The number of carbonyl (C=O) groups is 2. The summed E-state index contributed by atoms with van der Waals surface area (Å²) in [4.78, 5) is 22.9. The summed E-state index contributed by atoms with van der Waals surface area (Å²) >= 11 is 0. The first-order valence-corrected chi connectivity index (χ1v) is 6.87. The number of rotatable bonds is 6. The van der Waals surface area contributed by atoms with Crippen LogP contribution in [0, 0.1) is 5.92 Å². The molecule has 0 aliphatic rings. The minimum Gasteiger partial charge on any atom is -0.480 e. The van der Waals surface area contributed by atoms with Crippen molar-refractivity contribution in [2.75, 3.05) is 5.32 Å². The molecule has 0 heterocycles. The van der Waals surface area contributed by atoms with Gasteiger partial charge in [0, 0.05) is 5.69 Å². The topological polar surface area (TPSA) is 78.4 Å². The normalized spacial score (nSPS) is 13.3. The molecule has 5 heteroatoms. The van der Waals surface area contributed by atoms with E-state index in [1.54, 1.807) is 19.1 Å². The van der Waals surface area contributed by atoms with Crippen LogP contribution < -0.4 is 10.6 Å². The molecule has 0 radical (unpaired) electrons. The summed E-state index contributed by atoms with van der Waals surface area (Å²) in [5.41, 5.74) is 1.83. The van der Waals surface area contributed by atoms with Crippen LogP contribution >= 0.6 is 0 Å². The third-order valence-electron chi connectivity index (χ3n) is 3.39. The lowest BCUT2D eigenvalue weighted by Gasteiger charge is -2.20. The van der Waals surface area contributed by atoms with Gasteiger partial charge >= 0.3 is 12.0 Å². The maximum absolute atomic E-state index is 11.8. The Morgan fingerprint density at radius 2 is 1.80 bits per heavy atom. The summed E-state index contributed by atoms with van der Waals surface area (Å²) in [6.45, 7) is 5.75. The third-order valence-corrected chi connectivity index (χ3v) is 3.39. The van der Waals surface area contributed by atoms with E-state index in [0.29, 0.717) is 12.1 Å². The van der Waals surface area contributed by atoms with Gasteiger partial charge in [0.25, 0.3) is 0 Å². The fraction of sp³-hybridized carbons (Fsp3) is 0.467. The second-order valence-electron chi connectivity index (χ2n) is 4.85. The molecule has 0 spiro atoms. The largest absolute Gasteiger partial charge is 0.480 e. The van der Waals surface area contributed by atoms with Crippen LogP contribution in [-0.4, -0.2) is 23.1 Å². The Hall–Kier alpha value is -2.04. The quantitative estimate of drug-likeness (QED) is 0.748. The Kier molecular flexibility index (Phi) is 6.03. The Bertz CT molecular complexity index is 457. The van der Waals surface area contributed by atoms with Crippen LogP contribution in [0.4, 0.5) is 10.5 Å². The van der Waals surface area contributed by atoms with Gasteiger partial charge in [-0.15, -0.1) is 0 Å². The highest BCUT2D eigenvalue weighted by Crippen LogP contribution is 2.11. The molecule has 0 bridgehead atoms. The molecule has 1 aromatic carbocycles. The summed E-state index contributed by atoms with van der Waals surface area (Å²) < 4.78 is 0. The molecule has 1 aromatic rings. The summed E-state index contributed by atoms with van der Waals surface area (Å²) in [5.74, 6) is -1.14. The van der Waals surface area contributed by atoms with E-state index in [0.717, 1.165) is 6.42 Å². The highest BCUT2D eigenvalue weighted by Gasteiger charge is 2.25. The van der Waals surface area contributed by atoms with Gasteiger partial charge in [0.15, 0.2) is 0 Å². The number of nitrogens with one attached hydrogen (secondary N) is 2. The van der Waals surface area contributed by atoms with Gasteiger partial charge in [-0.3, -0.25) is 0 Å². The number of anilines is 1. The smallest absolute Gasteiger partial charge is 0.326 e. The average molecular weight is 278 g/mol. The Morgan fingerprint density at radius 1 is 1.20 bits per heavy atom. The van der Waals surface area contributed by atoms with Crippen LogP contribution in [-0.2, 0) is 11.2 Å². The van der Waals surface area contributed by atoms with Gasteiger partial charge in [0.1, 0.15) is 6.04 Å². The average Bonchev–Trinajstić information content (AvgIpc) is 2.44. The van der Waals surface area contributed by atoms with Gasteiger partial charge < -0.3 is 15.7 Å². The molecule has 0 aromatic heterocycles. The number of carboxylic acids is 1. The molecule has 20 heavy (non-hydrogen) atoms. The Balaban J connectivity index is 2.63. The first-order chi connectivity index (χ1) is 9.47. The lowest BCUT2D eigenvalue weighted by molar-refractivity contribution is -0.140. The molecule has 0 unspecified atom stereocenters. The van der Waals surface area contributed by atoms with Crippen LogP contribution in [0.2, 0.25) is 0 Å². The van der Waals surface area contributed by atoms with Crippen molar-refractivity contribution in [3.05, 3.63) is 29.8 Å². The molecule has 0 aliphatic carbocycles. The fourth-order valence-electron chi connectivity index (χ4n) is 1.82. The van der Waals surface area contributed by atoms with Crippen LogP contribution in [0.5, 0.6) is 0 Å². The monoisotopic (exact) mass is 278 g/mol. The molecule has 0 fully saturated rings. The van der Waals surface area contributed by atoms with Gasteiger partial charge in [-0.05, 0) is 30.0 Å². The summed E-state index contributed by atoms with van der Waals surface area (Å²) in [6, 6.07) is 6.09. The number of benzene rings is 1. The second-order valence-corrected chi connectivity index (χ2v) is 4.85. The highest BCUT2D eigenvalue weighted by atomic mass is 16.4. The van der Waals surface area contributed by atoms with Crippen molar-refractivity contribution >= 4 is 17.7 Å². The van der Waals surface area contributed by atoms with Crippen LogP contribution in [0.15, 0.2) is 24.3 Å². The van der Waals surface area contributed by atoms with Crippen molar-refractivity contribution in [1.29, 1.82) is 0 Å². The maximum Gasteiger partial charge on any atom is 0.326 e. The molecule has 0 saturated heterocycles. The molecule has 0 aliphatic heterocycles. The zero-order valence-corrected chi connectivity index (χ0v) is 12.1. The molecule has 1 rings (SSSR count). The minimum atomic E-state index is -1.02. The SMILES string of the molecule is CCc1ccc(NC(=O)N[C@H](C(=O)O)[C@H](C)CC)cc1. The molecular weight excluding hydrogens is 256 g/mol. The summed E-state index contributed by atoms with van der Waals surface area (Å²) in [6.07, 6.45) is 1.62. The van der Waals surface area contributed by atoms with E-state index >= 15 is 0 Å². The van der Waals surface area contributed by atoms with Crippen LogP contribution in [0.3, 0.4) is 0 Å². The van der Waals surface area contributed by atoms with E-state index in [-0.39, 0.29) is 5.92 Å². The maximum atomic E-state index is 11.8. The zero-order valence-electron chi connectivity index (χ0n) is 12.1. The van der Waals surface area contributed by atoms with E-state index in [2.05, 4.69) is 17.6 Å². The van der Waals surface area contributed by atoms with E-state index in [9.17, 15) is 9.59 Å². The number of amides is 2. The molecule has 2 atom stereocenters. The van der Waals surface area contributed by atoms with Gasteiger partial charge in [0.05, 0.1) is 0 Å². The van der Waals surface area contributed by atoms with Crippen molar-refractivity contribution < 1.29 is 14.7 Å². The van der Waals surface area contributed by atoms with E-state index in [4.69, 9.17) is 5.11 Å². The molecule has 2 amide bonds. The predicted octanol–water partition coefficient (Wildman–Crippen LogP) is 2.87. The van der Waals surface area contributed by atoms with Crippen LogP contribution in [0.25, 0.3) is 0 Å². The molecule has 3 N–H and O–H groups in total. The van der Waals surface area contributed by atoms with Gasteiger partial charge in [-0.25, -0.2) is 9.59 Å². The van der Waals surface area contributed by atoms with Crippen molar-refractivity contribution in [2.24, 2.45) is 5.92 Å². The second kappa shape index (κ2) is 7.53. The van der Waals surface area contributed by atoms with E-state index < -0.39 is 18.0 Å². The van der Waals surface area contributed by atoms with Crippen molar-refractivity contribution in [3.8, 4) is 0 Å². The summed E-state index contributed by atoms with van der Waals surface area (Å²) in [7, 11) is 0. The highest BCUT2D eigenvalue weighted by molar-refractivity contribution is 5.92. The Labute approximate surface area is 119 Å². The fourth-order valence-corrected chi connectivity index (χ4v) is 1.82. The number of aliphatic carboxylic acids is 1. The van der Waals surface area contributed by atoms with Crippen molar-refractivity contribution in [2.45, 2.75) is 39.7 Å². The van der Waals surface area contributed by atoms with E-state index in [1.165, 1.54) is 5.56 Å². The number of aryl methyl sites for hydroxylation is 1. The molecule has 5 nitrogen and oxygen atoms in total. The zero-order chi connectivity index (χ0) is 15.1. The number of urea groups is 1. The standard InChI is InChI=1S/C15H22N2O3/c1-4-10(3)13(14(18)19)17-15(20)16-12-8-6-11(5-2)7-9-12/h6-10,13H,4-5H2,1-3H3,(H,18,19)(H2,16,17,20)/t10-,13+/m1/s1. The molecule has 110 valence electrons. The predicted molar refractivity (Wildman–Crippen MR) is 78.9 cm³/mol. The number of carbonyl (C=O) groups excluding carboxylic acids is 1. The van der Waals surface area contributed by atoms with E-state index in [1.807, 2.05) is 19.1 Å². The number of carboxylic acid groups (broad SMARTS) is 1. The lowest BCUT2D eigenvalue weighted by Crippen LogP contribution is -2.46. The molecular formula is C15H22N2O3. The lowest BCUT2D eigenvalue weighted by atomic mass is 9.99. The van der Waals surface area contributed by atoms with Crippen LogP contribution in [0.1, 0.15) is 32.8 Å². The minimum absolute atomic E-state index is 0.124. The molecule has 0 saturated carbocycles. The first-order valence-electron chi connectivity index (χ1n) is 6.87.